The molecule has 7 atom stereocenters. The lowest BCUT2D eigenvalue weighted by molar-refractivity contribution is -0.264. The lowest BCUT2D eigenvalue weighted by Crippen LogP contribution is -2.62. The summed E-state index contributed by atoms with van der Waals surface area (Å²) >= 11 is 0. The van der Waals surface area contributed by atoms with Crippen molar-refractivity contribution >= 4 is 18.0 Å². The molecule has 33 heavy (non-hydrogen) atoms. The minimum Gasteiger partial charge on any atom is -0.458 e. The molecule has 1 aliphatic carbocycles. The third-order valence-electron chi connectivity index (χ3n) is 8.20. The first kappa shape index (κ1) is 24.0. The third-order valence-corrected chi connectivity index (χ3v) is 8.20. The normalized spacial score (nSPS) is 37.3. The van der Waals surface area contributed by atoms with Gasteiger partial charge in [-0.15, -0.1) is 0 Å². The van der Waals surface area contributed by atoms with Crippen LogP contribution in [0.25, 0.3) is 6.08 Å². The summed E-state index contributed by atoms with van der Waals surface area (Å²) in [5, 5.41) is 2.87. The largest absolute Gasteiger partial charge is 0.458 e. The van der Waals surface area contributed by atoms with E-state index in [1.165, 1.54) is 6.08 Å². The van der Waals surface area contributed by atoms with Gasteiger partial charge in [-0.25, -0.2) is 4.79 Å². The Kier molecular flexibility index (Phi) is 6.70. The Morgan fingerprint density at radius 2 is 1.94 bits per heavy atom. The maximum absolute atomic E-state index is 13.0. The fraction of sp³-hybridized carbons (Fsp3) is 0.630. The number of nitrogens with one attached hydrogen (secondary N) is 1. The lowest BCUT2D eigenvalue weighted by atomic mass is 9.69. The van der Waals surface area contributed by atoms with Crippen LogP contribution in [0.15, 0.2) is 36.4 Å². The molecule has 4 rings (SSSR count). The topological polar surface area (TPSA) is 73.9 Å². The standard InChI is InChI=1S/C27H37NO5/c1-17(2)27-15-21(31-23(30)16-28-5)26(4,33-27)20-13-11-18(3)24(20)25(27)32-22(29)14-12-19-9-7-6-8-10-19/h6-10,12,14,17-18,20-21,24-25,28H,11,13,15-16H2,1-5H3/t18-,20-,21-,24-,25+,26?,27-/m1/s1. The van der Waals surface area contributed by atoms with Crippen LogP contribution in [0, 0.1) is 23.7 Å². The van der Waals surface area contributed by atoms with E-state index >= 15 is 0 Å². The molecule has 1 aromatic rings. The summed E-state index contributed by atoms with van der Waals surface area (Å²) in [6, 6.07) is 9.72. The van der Waals surface area contributed by atoms with E-state index in [1.54, 1.807) is 13.1 Å². The smallest absolute Gasteiger partial charge is 0.331 e. The number of hydrogen-bond donors (Lipinski definition) is 1. The van der Waals surface area contributed by atoms with Crippen LogP contribution in [0.1, 0.15) is 52.5 Å². The highest BCUT2D eigenvalue weighted by molar-refractivity contribution is 5.87. The molecule has 1 unspecified atom stereocenters. The lowest BCUT2D eigenvalue weighted by Gasteiger charge is -2.52. The van der Waals surface area contributed by atoms with Gasteiger partial charge in [0.05, 0.1) is 6.54 Å². The van der Waals surface area contributed by atoms with Crippen LogP contribution < -0.4 is 5.32 Å². The molecule has 2 bridgehead atoms. The summed E-state index contributed by atoms with van der Waals surface area (Å²) in [5.41, 5.74) is -0.314. The van der Waals surface area contributed by atoms with Gasteiger partial charge in [0, 0.05) is 18.4 Å². The number of fused-ring (bicyclic) bond motifs is 4. The first-order valence-corrected chi connectivity index (χ1v) is 12.2. The van der Waals surface area contributed by atoms with E-state index < -0.39 is 11.2 Å². The van der Waals surface area contributed by atoms with Gasteiger partial charge in [-0.2, -0.15) is 0 Å². The van der Waals surface area contributed by atoms with Gasteiger partial charge in [0.1, 0.15) is 23.4 Å². The van der Waals surface area contributed by atoms with Gasteiger partial charge >= 0.3 is 11.9 Å². The second kappa shape index (κ2) is 9.22. The first-order chi connectivity index (χ1) is 15.7. The Labute approximate surface area is 197 Å². The second-order valence-electron chi connectivity index (χ2n) is 10.4. The van der Waals surface area contributed by atoms with Crippen molar-refractivity contribution < 1.29 is 23.8 Å². The number of carbonyl (C=O) groups excluding carboxylic acids is 2. The highest BCUT2D eigenvalue weighted by atomic mass is 16.6. The summed E-state index contributed by atoms with van der Waals surface area (Å²) in [6.07, 6.45) is 5.11. The molecular formula is C27H37NO5. The Balaban J connectivity index is 1.64. The fourth-order valence-corrected chi connectivity index (χ4v) is 6.48. The average molecular weight is 456 g/mol. The van der Waals surface area contributed by atoms with E-state index in [4.69, 9.17) is 14.2 Å². The average Bonchev–Trinajstić information content (AvgIpc) is 3.29. The Hall–Kier alpha value is -2.18. The molecule has 1 saturated carbocycles. The molecule has 2 aliphatic heterocycles. The number of carbonyl (C=O) groups is 2. The van der Waals surface area contributed by atoms with Gasteiger partial charge in [-0.3, -0.25) is 4.79 Å². The van der Waals surface area contributed by atoms with Crippen molar-refractivity contribution in [3.63, 3.8) is 0 Å². The molecule has 0 amide bonds. The molecule has 0 radical (unpaired) electrons. The summed E-state index contributed by atoms with van der Waals surface area (Å²) in [6.45, 7) is 8.72. The van der Waals surface area contributed by atoms with Gasteiger partial charge in [0.15, 0.2) is 0 Å². The minimum atomic E-state index is -0.685. The number of esters is 2. The van der Waals surface area contributed by atoms with Gasteiger partial charge in [-0.05, 0) is 56.2 Å². The molecule has 6 heteroatoms. The summed E-state index contributed by atoms with van der Waals surface area (Å²) in [7, 11) is 1.73. The Morgan fingerprint density at radius 1 is 1.21 bits per heavy atom. The predicted molar refractivity (Wildman–Crippen MR) is 126 cm³/mol. The van der Waals surface area contributed by atoms with Crippen LogP contribution in [-0.4, -0.2) is 48.9 Å². The molecule has 3 fully saturated rings. The van der Waals surface area contributed by atoms with Crippen molar-refractivity contribution in [2.75, 3.05) is 13.6 Å². The maximum Gasteiger partial charge on any atom is 0.331 e. The maximum atomic E-state index is 13.0. The quantitative estimate of drug-likeness (QED) is 0.495. The molecule has 2 saturated heterocycles. The van der Waals surface area contributed by atoms with E-state index in [2.05, 4.69) is 33.0 Å². The third kappa shape index (κ3) is 4.24. The fourth-order valence-electron chi connectivity index (χ4n) is 6.48. The zero-order valence-electron chi connectivity index (χ0n) is 20.4. The van der Waals surface area contributed by atoms with Crippen LogP contribution in [0.5, 0.6) is 0 Å². The van der Waals surface area contributed by atoms with E-state index in [9.17, 15) is 9.59 Å². The summed E-state index contributed by atoms with van der Waals surface area (Å²) in [5.74, 6) is 0.206. The van der Waals surface area contributed by atoms with Gasteiger partial charge in [0.2, 0.25) is 0 Å². The zero-order chi connectivity index (χ0) is 23.8. The number of rotatable bonds is 7. The number of ether oxygens (including phenoxy) is 3. The van der Waals surface area contributed by atoms with Crippen LogP contribution in [0.2, 0.25) is 0 Å². The number of benzene rings is 1. The van der Waals surface area contributed by atoms with Gasteiger partial charge in [0.25, 0.3) is 0 Å². The first-order valence-electron chi connectivity index (χ1n) is 12.2. The minimum absolute atomic E-state index is 0.0921. The van der Waals surface area contributed by atoms with Crippen LogP contribution >= 0.6 is 0 Å². The molecule has 6 nitrogen and oxygen atoms in total. The SMILES string of the molecule is CNCC(=O)O[C@@H]1C[C@]2(C(C)C)OC1(C)[C@@H]1CC[C@@H](C)[C@H]1[C@@H]2OC(=O)C=Cc1ccccc1. The van der Waals surface area contributed by atoms with Crippen LogP contribution in [0.3, 0.4) is 0 Å². The molecule has 3 aliphatic rings. The van der Waals surface area contributed by atoms with E-state index in [-0.39, 0.29) is 48.4 Å². The van der Waals surface area contributed by atoms with Crippen LogP contribution in [-0.2, 0) is 23.8 Å². The van der Waals surface area contributed by atoms with Gasteiger partial charge < -0.3 is 19.5 Å². The molecule has 0 aromatic heterocycles. The summed E-state index contributed by atoms with van der Waals surface area (Å²) in [4.78, 5) is 25.4. The number of hydrogen-bond acceptors (Lipinski definition) is 6. The molecule has 0 spiro atoms. The highest BCUT2D eigenvalue weighted by Gasteiger charge is 2.72. The van der Waals surface area contributed by atoms with E-state index in [1.807, 2.05) is 30.3 Å². The van der Waals surface area contributed by atoms with E-state index in [0.717, 1.165) is 18.4 Å². The van der Waals surface area contributed by atoms with Crippen molar-refractivity contribution in [2.45, 2.75) is 70.4 Å². The van der Waals surface area contributed by atoms with Gasteiger partial charge in [-0.1, -0.05) is 51.1 Å². The van der Waals surface area contributed by atoms with Crippen molar-refractivity contribution in [3.05, 3.63) is 42.0 Å². The van der Waals surface area contributed by atoms with E-state index in [0.29, 0.717) is 12.3 Å². The zero-order valence-corrected chi connectivity index (χ0v) is 20.4. The van der Waals surface area contributed by atoms with Crippen molar-refractivity contribution in [1.29, 1.82) is 0 Å². The molecule has 180 valence electrons. The van der Waals surface area contributed by atoms with Crippen molar-refractivity contribution in [2.24, 2.45) is 23.7 Å². The Morgan fingerprint density at radius 3 is 2.61 bits per heavy atom. The second-order valence-corrected chi connectivity index (χ2v) is 10.4. The monoisotopic (exact) mass is 455 g/mol. The number of likely N-dealkylation sites (N-methyl/N-ethyl adjacent to an activating group) is 1. The molecular weight excluding hydrogens is 418 g/mol. The molecule has 1 aromatic carbocycles. The summed E-state index contributed by atoms with van der Waals surface area (Å²) < 4.78 is 19.1. The molecule has 1 N–H and O–H groups in total. The highest BCUT2D eigenvalue weighted by Crippen LogP contribution is 2.63. The predicted octanol–water partition coefficient (Wildman–Crippen LogP) is 3.99. The van der Waals surface area contributed by atoms with Crippen molar-refractivity contribution in [1.82, 2.24) is 5.32 Å². The molecule has 2 heterocycles. The van der Waals surface area contributed by atoms with Crippen molar-refractivity contribution in [3.8, 4) is 0 Å². The van der Waals surface area contributed by atoms with Crippen LogP contribution in [0.4, 0.5) is 0 Å². The Bertz CT molecular complexity index is 899.